The van der Waals surface area contributed by atoms with E-state index in [9.17, 15) is 0 Å². The third-order valence-electron chi connectivity index (χ3n) is 5.44. The van der Waals surface area contributed by atoms with Crippen LogP contribution < -0.4 is 0 Å². The van der Waals surface area contributed by atoms with Crippen LogP contribution in [0.3, 0.4) is 0 Å². The van der Waals surface area contributed by atoms with Gasteiger partial charge in [0.2, 0.25) is 0 Å². The fourth-order valence-electron chi connectivity index (χ4n) is 3.11. The van der Waals surface area contributed by atoms with Gasteiger partial charge in [-0.3, -0.25) is 9.98 Å². The predicted molar refractivity (Wildman–Crippen MR) is 109 cm³/mol. The molecule has 2 unspecified atom stereocenters. The second kappa shape index (κ2) is 9.12. The van der Waals surface area contributed by atoms with E-state index >= 15 is 0 Å². The lowest BCUT2D eigenvalue weighted by Gasteiger charge is -2.16. The number of hydrogen-bond acceptors (Lipinski definition) is 2. The van der Waals surface area contributed by atoms with Crippen molar-refractivity contribution < 1.29 is 0 Å². The standard InChI is InChI=1S/C23H34N2/c1-16(2)21-12-14-23(25-15-21)19(5)8-7-18(4)22(24-6)13-9-17(3)20-10-11-20/h9,12-16,18-20H,6-8,10-11H2,1-5H3/b17-9+,22-13?. The van der Waals surface area contributed by atoms with Gasteiger partial charge in [-0.1, -0.05) is 45.4 Å². The van der Waals surface area contributed by atoms with E-state index in [1.54, 1.807) is 0 Å². The summed E-state index contributed by atoms with van der Waals surface area (Å²) in [7, 11) is 0. The summed E-state index contributed by atoms with van der Waals surface area (Å²) in [6, 6.07) is 4.41. The van der Waals surface area contributed by atoms with Crippen LogP contribution in [0.25, 0.3) is 0 Å². The lowest BCUT2D eigenvalue weighted by atomic mass is 9.93. The summed E-state index contributed by atoms with van der Waals surface area (Å²) in [4.78, 5) is 8.94. The molecule has 1 aliphatic carbocycles. The molecule has 0 aromatic carbocycles. The van der Waals surface area contributed by atoms with Gasteiger partial charge in [0.25, 0.3) is 0 Å². The zero-order valence-electron chi connectivity index (χ0n) is 16.6. The number of aliphatic imine (C=N–C) groups is 1. The quantitative estimate of drug-likeness (QED) is 0.365. The van der Waals surface area contributed by atoms with Crippen LogP contribution in [0.4, 0.5) is 0 Å². The zero-order valence-corrected chi connectivity index (χ0v) is 16.6. The van der Waals surface area contributed by atoms with Crippen LogP contribution in [0, 0.1) is 11.8 Å². The number of aromatic nitrogens is 1. The highest BCUT2D eigenvalue weighted by molar-refractivity contribution is 5.32. The molecule has 0 N–H and O–H groups in total. The van der Waals surface area contributed by atoms with E-state index < -0.39 is 0 Å². The largest absolute Gasteiger partial charge is 0.269 e. The molecule has 2 rings (SSSR count). The molecule has 2 heteroatoms. The molecular weight excluding hydrogens is 304 g/mol. The van der Waals surface area contributed by atoms with Crippen molar-refractivity contribution in [2.75, 3.05) is 0 Å². The van der Waals surface area contributed by atoms with Crippen LogP contribution in [0.1, 0.15) is 83.4 Å². The Labute approximate surface area is 154 Å². The number of nitrogens with zero attached hydrogens (tertiary/aromatic N) is 2. The van der Waals surface area contributed by atoms with Gasteiger partial charge in [-0.15, -0.1) is 0 Å². The third kappa shape index (κ3) is 5.95. The summed E-state index contributed by atoms with van der Waals surface area (Å²) in [6.07, 6.45) is 11.4. The van der Waals surface area contributed by atoms with Gasteiger partial charge in [-0.05, 0) is 80.7 Å². The highest BCUT2D eigenvalue weighted by atomic mass is 14.7. The molecule has 1 aromatic rings. The van der Waals surface area contributed by atoms with Crippen molar-refractivity contribution in [3.63, 3.8) is 0 Å². The maximum Gasteiger partial charge on any atom is 0.0431 e. The van der Waals surface area contributed by atoms with Gasteiger partial charge in [0.15, 0.2) is 0 Å². The van der Waals surface area contributed by atoms with Gasteiger partial charge in [0, 0.05) is 17.6 Å². The summed E-state index contributed by atoms with van der Waals surface area (Å²) in [5, 5.41) is 0. The fraction of sp³-hybridized carbons (Fsp3) is 0.565. The average molecular weight is 339 g/mol. The minimum Gasteiger partial charge on any atom is -0.269 e. The molecule has 1 fully saturated rings. The summed E-state index contributed by atoms with van der Waals surface area (Å²) < 4.78 is 0. The van der Waals surface area contributed by atoms with Crippen molar-refractivity contribution in [1.29, 1.82) is 0 Å². The Bertz CT molecular complexity index is 618. The van der Waals surface area contributed by atoms with Crippen LogP contribution in [0.15, 0.2) is 46.7 Å². The first-order chi connectivity index (χ1) is 11.9. The Morgan fingerprint density at radius 1 is 1.20 bits per heavy atom. The van der Waals surface area contributed by atoms with Crippen molar-refractivity contribution in [2.45, 2.75) is 72.1 Å². The summed E-state index contributed by atoms with van der Waals surface area (Å²) in [6.45, 7) is 14.9. The van der Waals surface area contributed by atoms with Gasteiger partial charge in [-0.2, -0.15) is 0 Å². The van der Waals surface area contributed by atoms with Crippen LogP contribution in [0.2, 0.25) is 0 Å². The maximum absolute atomic E-state index is 4.67. The van der Waals surface area contributed by atoms with Crippen molar-refractivity contribution in [2.24, 2.45) is 16.8 Å². The Kier molecular flexibility index (Phi) is 7.16. The van der Waals surface area contributed by atoms with E-state index in [0.29, 0.717) is 17.8 Å². The second-order valence-electron chi connectivity index (χ2n) is 7.99. The van der Waals surface area contributed by atoms with Crippen LogP contribution in [-0.4, -0.2) is 11.7 Å². The first kappa shape index (κ1) is 19.6. The number of hydrogen-bond donors (Lipinski definition) is 0. The lowest BCUT2D eigenvalue weighted by Crippen LogP contribution is -2.03. The van der Waals surface area contributed by atoms with Crippen LogP contribution >= 0.6 is 0 Å². The topological polar surface area (TPSA) is 25.2 Å². The van der Waals surface area contributed by atoms with Crippen molar-refractivity contribution in [3.05, 3.63) is 53.0 Å². The highest BCUT2D eigenvalue weighted by Crippen LogP contribution is 2.36. The number of allylic oxidation sites excluding steroid dienone is 4. The summed E-state index contributed by atoms with van der Waals surface area (Å²) >= 11 is 0. The normalized spacial score (nSPS) is 18.3. The molecule has 0 spiro atoms. The Morgan fingerprint density at radius 2 is 1.92 bits per heavy atom. The van der Waals surface area contributed by atoms with E-state index in [2.05, 4.69) is 75.6 Å². The summed E-state index contributed by atoms with van der Waals surface area (Å²) in [5.74, 6) is 2.25. The fourth-order valence-corrected chi connectivity index (χ4v) is 3.11. The minimum atomic E-state index is 0.429. The van der Waals surface area contributed by atoms with Crippen LogP contribution in [-0.2, 0) is 0 Å². The van der Waals surface area contributed by atoms with Crippen LogP contribution in [0.5, 0.6) is 0 Å². The molecule has 0 saturated heterocycles. The summed E-state index contributed by atoms with van der Waals surface area (Å²) in [5.41, 5.74) is 5.09. The molecule has 0 bridgehead atoms. The van der Waals surface area contributed by atoms with Crippen molar-refractivity contribution >= 4 is 6.72 Å². The third-order valence-corrected chi connectivity index (χ3v) is 5.44. The highest BCUT2D eigenvalue weighted by Gasteiger charge is 2.22. The zero-order chi connectivity index (χ0) is 18.4. The molecule has 2 nitrogen and oxygen atoms in total. The van der Waals surface area contributed by atoms with E-state index in [0.717, 1.165) is 24.5 Å². The first-order valence-electron chi connectivity index (χ1n) is 9.73. The number of pyridine rings is 1. The SMILES string of the molecule is C=NC(=C/C=C(\C)C1CC1)C(C)CCC(C)c1ccc(C(C)C)cn1. The van der Waals surface area contributed by atoms with Crippen molar-refractivity contribution in [3.8, 4) is 0 Å². The van der Waals surface area contributed by atoms with Gasteiger partial charge in [-0.25, -0.2) is 0 Å². The monoisotopic (exact) mass is 338 g/mol. The Morgan fingerprint density at radius 3 is 2.44 bits per heavy atom. The van der Waals surface area contributed by atoms with Crippen molar-refractivity contribution in [1.82, 2.24) is 4.98 Å². The average Bonchev–Trinajstić information content (AvgIpc) is 3.45. The smallest absolute Gasteiger partial charge is 0.0431 e. The molecule has 0 aliphatic heterocycles. The van der Waals surface area contributed by atoms with E-state index in [1.165, 1.54) is 29.7 Å². The first-order valence-corrected chi connectivity index (χ1v) is 9.73. The van der Waals surface area contributed by atoms with E-state index in [-0.39, 0.29) is 0 Å². The minimum absolute atomic E-state index is 0.429. The molecule has 136 valence electrons. The molecule has 25 heavy (non-hydrogen) atoms. The van der Waals surface area contributed by atoms with Gasteiger partial charge < -0.3 is 0 Å². The molecular formula is C23H34N2. The Balaban J connectivity index is 1.90. The van der Waals surface area contributed by atoms with Gasteiger partial charge in [0.05, 0.1) is 0 Å². The van der Waals surface area contributed by atoms with Gasteiger partial charge >= 0.3 is 0 Å². The van der Waals surface area contributed by atoms with E-state index in [1.807, 2.05) is 6.20 Å². The Hall–Kier alpha value is -1.70. The second-order valence-corrected chi connectivity index (χ2v) is 7.99. The van der Waals surface area contributed by atoms with Gasteiger partial charge in [0.1, 0.15) is 0 Å². The molecule has 1 saturated carbocycles. The molecule has 2 atom stereocenters. The molecule has 0 radical (unpaired) electrons. The molecule has 1 heterocycles. The van der Waals surface area contributed by atoms with E-state index in [4.69, 9.17) is 0 Å². The molecule has 0 amide bonds. The maximum atomic E-state index is 4.67. The molecule has 1 aliphatic rings. The number of rotatable bonds is 9. The molecule has 1 aromatic heterocycles. The predicted octanol–water partition coefficient (Wildman–Crippen LogP) is 6.67. The lowest BCUT2D eigenvalue weighted by molar-refractivity contribution is 0.526.